The van der Waals surface area contributed by atoms with E-state index >= 15 is 0 Å². The van der Waals surface area contributed by atoms with E-state index in [-0.39, 0.29) is 17.5 Å². The Kier molecular flexibility index (Phi) is 5.51. The van der Waals surface area contributed by atoms with Gasteiger partial charge in [0.2, 0.25) is 0 Å². The number of aromatic hydroxyl groups is 1. The topological polar surface area (TPSA) is 65.4 Å². The molecule has 1 N–H and O–H groups in total. The summed E-state index contributed by atoms with van der Waals surface area (Å²) in [6.45, 7) is 0. The van der Waals surface area contributed by atoms with Crippen LogP contribution in [0.2, 0.25) is 0 Å². The van der Waals surface area contributed by atoms with Gasteiger partial charge in [0, 0.05) is 18.0 Å². The molecule has 9 heteroatoms. The molecule has 2 aliphatic rings. The number of phenolic OH excluding ortho intramolecular Hbond substituents is 1. The predicted molar refractivity (Wildman–Crippen MR) is 131 cm³/mol. The number of anilines is 2. The molecule has 6 nitrogen and oxygen atoms in total. The number of phenols is 1. The first kappa shape index (κ1) is 21.4. The van der Waals surface area contributed by atoms with E-state index in [1.165, 1.54) is 52.7 Å². The molecule has 0 unspecified atom stereocenters. The highest BCUT2D eigenvalue weighted by Gasteiger charge is 2.40. The first-order valence-corrected chi connectivity index (χ1v) is 11.6. The molecule has 2 aliphatic heterocycles. The summed E-state index contributed by atoms with van der Waals surface area (Å²) in [6.07, 6.45) is 0. The van der Waals surface area contributed by atoms with Gasteiger partial charge in [0.15, 0.2) is 5.17 Å². The van der Waals surface area contributed by atoms with Gasteiger partial charge in [-0.1, -0.05) is 11.8 Å². The van der Waals surface area contributed by atoms with Crippen LogP contribution in [-0.4, -0.2) is 30.3 Å². The lowest BCUT2D eigenvalue weighted by Gasteiger charge is -2.17. The number of benzene rings is 3. The van der Waals surface area contributed by atoms with Crippen LogP contribution in [0.3, 0.4) is 0 Å². The third-order valence-electron chi connectivity index (χ3n) is 5.17. The van der Waals surface area contributed by atoms with Crippen molar-refractivity contribution < 1.29 is 19.0 Å². The molecule has 0 bridgehead atoms. The molecule has 3 aromatic rings. The minimum atomic E-state index is -0.357. The van der Waals surface area contributed by atoms with Crippen molar-refractivity contribution in [1.82, 2.24) is 0 Å². The van der Waals surface area contributed by atoms with Crippen LogP contribution >= 0.6 is 23.5 Å². The molecule has 1 fully saturated rings. The molecular weight excluding hydrogens is 461 g/mol. The largest absolute Gasteiger partial charge is 0.508 e. The second-order valence-electron chi connectivity index (χ2n) is 7.26. The van der Waals surface area contributed by atoms with Gasteiger partial charge in [0.1, 0.15) is 22.2 Å². The fourth-order valence-electron chi connectivity index (χ4n) is 3.49. The Bertz CT molecular complexity index is 1310. The first-order valence-electron chi connectivity index (χ1n) is 9.94. The fourth-order valence-corrected chi connectivity index (χ4v) is 5.81. The van der Waals surface area contributed by atoms with E-state index in [1.807, 2.05) is 30.1 Å². The Balaban J connectivity index is 1.59. The van der Waals surface area contributed by atoms with Gasteiger partial charge in [-0.3, -0.25) is 9.69 Å². The standard InChI is InChI=1S/C24H18FN3O3S2/c1-27-19-13-18(31-2)11-12-20(19)32-23(27)21-22(30)28(16-7-9-17(29)10-8-16)24(33-21)26-15-5-3-14(25)4-6-15/h3-13,29H,1-2H3/b23-21-,26-24?. The van der Waals surface area contributed by atoms with Gasteiger partial charge in [-0.2, -0.15) is 0 Å². The second-order valence-corrected chi connectivity index (χ2v) is 9.27. The molecule has 1 amide bonds. The van der Waals surface area contributed by atoms with Crippen molar-refractivity contribution in [1.29, 1.82) is 0 Å². The molecule has 5 rings (SSSR count). The maximum Gasteiger partial charge on any atom is 0.274 e. The Hall–Kier alpha value is -3.43. The number of amides is 1. The Morgan fingerprint density at radius 3 is 2.42 bits per heavy atom. The number of hydrogen-bond acceptors (Lipinski definition) is 7. The van der Waals surface area contributed by atoms with Crippen LogP contribution < -0.4 is 14.5 Å². The number of rotatable bonds is 3. The Morgan fingerprint density at radius 1 is 1.00 bits per heavy atom. The van der Waals surface area contributed by atoms with Crippen molar-refractivity contribution in [3.8, 4) is 11.5 Å². The van der Waals surface area contributed by atoms with Crippen LogP contribution in [-0.2, 0) is 4.79 Å². The van der Waals surface area contributed by atoms with Crippen molar-refractivity contribution in [2.24, 2.45) is 4.99 Å². The third kappa shape index (κ3) is 3.94. The smallest absolute Gasteiger partial charge is 0.274 e. The summed E-state index contributed by atoms with van der Waals surface area (Å²) in [6, 6.07) is 17.9. The number of amidine groups is 1. The monoisotopic (exact) mass is 479 g/mol. The number of carbonyl (C=O) groups is 1. The maximum absolute atomic E-state index is 13.6. The van der Waals surface area contributed by atoms with Crippen LogP contribution in [0.25, 0.3) is 0 Å². The average Bonchev–Trinajstić information content (AvgIpc) is 3.31. The second kappa shape index (κ2) is 8.49. The predicted octanol–water partition coefficient (Wildman–Crippen LogP) is 5.72. The van der Waals surface area contributed by atoms with E-state index in [0.29, 0.717) is 21.4 Å². The third-order valence-corrected chi connectivity index (χ3v) is 7.57. The van der Waals surface area contributed by atoms with Crippen molar-refractivity contribution in [2.45, 2.75) is 4.90 Å². The van der Waals surface area contributed by atoms with Crippen LogP contribution in [0.4, 0.5) is 21.5 Å². The number of fused-ring (bicyclic) bond motifs is 1. The number of halogens is 1. The Morgan fingerprint density at radius 2 is 1.73 bits per heavy atom. The lowest BCUT2D eigenvalue weighted by molar-refractivity contribution is -0.113. The van der Waals surface area contributed by atoms with E-state index in [4.69, 9.17) is 4.74 Å². The molecule has 0 atom stereocenters. The number of aliphatic imine (C=N–C) groups is 1. The molecule has 0 spiro atoms. The van der Waals surface area contributed by atoms with E-state index in [2.05, 4.69) is 4.99 Å². The number of thioether (sulfide) groups is 2. The summed E-state index contributed by atoms with van der Waals surface area (Å²) >= 11 is 2.77. The van der Waals surface area contributed by atoms with Gasteiger partial charge in [-0.15, -0.1) is 0 Å². The summed E-state index contributed by atoms with van der Waals surface area (Å²) in [7, 11) is 3.53. The summed E-state index contributed by atoms with van der Waals surface area (Å²) < 4.78 is 18.7. The van der Waals surface area contributed by atoms with Gasteiger partial charge in [-0.25, -0.2) is 9.38 Å². The minimum absolute atomic E-state index is 0.101. The molecule has 3 aromatic carbocycles. The highest BCUT2D eigenvalue weighted by atomic mass is 32.2. The molecule has 0 aliphatic carbocycles. The summed E-state index contributed by atoms with van der Waals surface area (Å²) in [5, 5.41) is 10.9. The summed E-state index contributed by atoms with van der Waals surface area (Å²) in [5.41, 5.74) is 2.06. The molecule has 0 aromatic heterocycles. The average molecular weight is 480 g/mol. The number of methoxy groups -OCH3 is 1. The van der Waals surface area contributed by atoms with Crippen LogP contribution in [0.15, 0.2) is 86.6 Å². The van der Waals surface area contributed by atoms with Crippen molar-refractivity contribution >= 4 is 51.7 Å². The van der Waals surface area contributed by atoms with Gasteiger partial charge >= 0.3 is 0 Å². The van der Waals surface area contributed by atoms with Gasteiger partial charge < -0.3 is 14.7 Å². The summed E-state index contributed by atoms with van der Waals surface area (Å²) in [5.74, 6) is 0.261. The number of nitrogens with zero attached hydrogens (tertiary/aromatic N) is 3. The molecule has 0 radical (unpaired) electrons. The first-order chi connectivity index (χ1) is 15.9. The van der Waals surface area contributed by atoms with E-state index in [9.17, 15) is 14.3 Å². The van der Waals surface area contributed by atoms with Crippen LogP contribution in [0.1, 0.15) is 0 Å². The van der Waals surface area contributed by atoms with Crippen molar-refractivity contribution in [3.63, 3.8) is 0 Å². The normalized spacial score (nSPS) is 18.9. The zero-order valence-corrected chi connectivity index (χ0v) is 19.3. The molecule has 1 saturated heterocycles. The van der Waals surface area contributed by atoms with Crippen LogP contribution in [0, 0.1) is 5.82 Å². The number of hydrogen-bond donors (Lipinski definition) is 1. The van der Waals surface area contributed by atoms with Gasteiger partial charge in [-0.05, 0) is 72.4 Å². The maximum atomic E-state index is 13.6. The SMILES string of the molecule is COc1ccc2c(c1)N(C)/C(=C1/SC(=Nc3ccc(F)cc3)N(c3ccc(O)cc3)C1=O)S2. The van der Waals surface area contributed by atoms with Gasteiger partial charge in [0.25, 0.3) is 5.91 Å². The number of ether oxygens (including phenoxy) is 1. The van der Waals surface area contributed by atoms with Crippen molar-refractivity contribution in [2.75, 3.05) is 24.0 Å². The zero-order valence-electron chi connectivity index (χ0n) is 17.7. The molecule has 2 heterocycles. The quantitative estimate of drug-likeness (QED) is 0.485. The van der Waals surface area contributed by atoms with Crippen molar-refractivity contribution in [3.05, 3.63) is 82.5 Å². The van der Waals surface area contributed by atoms with E-state index in [1.54, 1.807) is 31.4 Å². The number of carbonyl (C=O) groups excluding carboxylic acids is 1. The lowest BCUT2D eigenvalue weighted by atomic mass is 10.2. The summed E-state index contributed by atoms with van der Waals surface area (Å²) in [4.78, 5) is 23.3. The highest BCUT2D eigenvalue weighted by molar-refractivity contribution is 8.20. The zero-order chi connectivity index (χ0) is 23.1. The van der Waals surface area contributed by atoms with E-state index in [0.717, 1.165) is 21.4 Å². The highest BCUT2D eigenvalue weighted by Crippen LogP contribution is 2.51. The molecular formula is C24H18FN3O3S2. The lowest BCUT2D eigenvalue weighted by Crippen LogP contribution is -2.29. The molecule has 33 heavy (non-hydrogen) atoms. The Labute approximate surface area is 198 Å². The minimum Gasteiger partial charge on any atom is -0.508 e. The van der Waals surface area contributed by atoms with E-state index < -0.39 is 0 Å². The van der Waals surface area contributed by atoms with Crippen LogP contribution in [0.5, 0.6) is 11.5 Å². The molecule has 166 valence electrons. The van der Waals surface area contributed by atoms with Gasteiger partial charge in [0.05, 0.1) is 29.2 Å². The molecule has 0 saturated carbocycles. The fraction of sp³-hybridized carbons (Fsp3) is 0.0833.